The van der Waals surface area contributed by atoms with Crippen molar-refractivity contribution in [1.29, 1.82) is 0 Å². The summed E-state index contributed by atoms with van der Waals surface area (Å²) in [4.78, 5) is 17.1. The molecule has 26 heavy (non-hydrogen) atoms. The second-order valence-electron chi connectivity index (χ2n) is 6.68. The summed E-state index contributed by atoms with van der Waals surface area (Å²) >= 11 is 0. The maximum atomic E-state index is 12.7. The predicted octanol–water partition coefficient (Wildman–Crippen LogP) is 2.94. The van der Waals surface area contributed by atoms with E-state index in [1.165, 1.54) is 12.8 Å². The van der Waals surface area contributed by atoms with Crippen LogP contribution in [0.4, 0.5) is 10.6 Å². The zero-order valence-electron chi connectivity index (χ0n) is 14.7. The van der Waals surface area contributed by atoms with Gasteiger partial charge in [0.2, 0.25) is 0 Å². The van der Waals surface area contributed by atoms with E-state index in [2.05, 4.69) is 20.7 Å². The van der Waals surface area contributed by atoms with Gasteiger partial charge in [0.25, 0.3) is 0 Å². The van der Waals surface area contributed by atoms with Crippen molar-refractivity contribution < 1.29 is 4.79 Å². The fourth-order valence-corrected chi connectivity index (χ4v) is 3.01. The average Bonchev–Trinajstić information content (AvgIpc) is 3.21. The summed E-state index contributed by atoms with van der Waals surface area (Å²) in [6.45, 7) is 0.851. The number of carbonyl (C=O) groups is 1. The number of benzene rings is 1. The minimum absolute atomic E-state index is 0.278. The van der Waals surface area contributed by atoms with Crippen LogP contribution < -0.4 is 10.6 Å². The molecule has 2 aromatic heterocycles. The third kappa shape index (κ3) is 3.61. The first-order valence-electron chi connectivity index (χ1n) is 8.82. The molecule has 1 saturated carbocycles. The highest BCUT2D eigenvalue weighted by molar-refractivity contribution is 5.88. The normalized spacial score (nSPS) is 14.8. The molecule has 0 spiro atoms. The van der Waals surface area contributed by atoms with Gasteiger partial charge in [-0.1, -0.05) is 30.3 Å². The zero-order chi connectivity index (χ0) is 17.9. The molecular weight excluding hydrogens is 328 g/mol. The molecule has 2 N–H and O–H groups in total. The van der Waals surface area contributed by atoms with Crippen molar-refractivity contribution in [3.8, 4) is 0 Å². The van der Waals surface area contributed by atoms with Crippen LogP contribution in [0.1, 0.15) is 30.3 Å². The van der Waals surface area contributed by atoms with E-state index < -0.39 is 0 Å². The van der Waals surface area contributed by atoms with Crippen LogP contribution in [0.5, 0.6) is 0 Å². The molecule has 3 aromatic rings. The van der Waals surface area contributed by atoms with Gasteiger partial charge in [-0.3, -0.25) is 5.32 Å². The van der Waals surface area contributed by atoms with E-state index in [4.69, 9.17) is 0 Å². The van der Waals surface area contributed by atoms with Gasteiger partial charge in [-0.2, -0.15) is 5.10 Å². The Balaban J connectivity index is 1.51. The number of rotatable bonds is 6. The maximum Gasteiger partial charge on any atom is 0.321 e. The number of amides is 2. The van der Waals surface area contributed by atoms with Gasteiger partial charge in [0.15, 0.2) is 0 Å². The molecule has 0 radical (unpaired) electrons. The van der Waals surface area contributed by atoms with Gasteiger partial charge in [0.05, 0.1) is 6.20 Å². The van der Waals surface area contributed by atoms with Crippen LogP contribution >= 0.6 is 0 Å². The van der Waals surface area contributed by atoms with E-state index in [-0.39, 0.29) is 12.1 Å². The molecule has 0 bridgehead atoms. The maximum absolute atomic E-state index is 12.7. The lowest BCUT2D eigenvalue weighted by Gasteiger charge is -2.19. The van der Waals surface area contributed by atoms with Crippen molar-refractivity contribution in [1.82, 2.24) is 24.6 Å². The number of aryl methyl sites for hydroxylation is 1. The van der Waals surface area contributed by atoms with Gasteiger partial charge in [-0.15, -0.1) is 0 Å². The molecular formula is C19H22N6O. The molecule has 1 atom stereocenters. The van der Waals surface area contributed by atoms with Crippen LogP contribution in [0.2, 0.25) is 0 Å². The van der Waals surface area contributed by atoms with Crippen molar-refractivity contribution in [2.24, 2.45) is 13.0 Å². The van der Waals surface area contributed by atoms with E-state index >= 15 is 0 Å². The lowest BCUT2D eigenvalue weighted by Crippen LogP contribution is -2.35. The summed E-state index contributed by atoms with van der Waals surface area (Å²) in [6, 6.07) is 11.0. The van der Waals surface area contributed by atoms with E-state index in [0.29, 0.717) is 11.7 Å². The predicted molar refractivity (Wildman–Crippen MR) is 98.6 cm³/mol. The van der Waals surface area contributed by atoms with Crippen molar-refractivity contribution in [3.05, 3.63) is 66.4 Å². The van der Waals surface area contributed by atoms with E-state index in [9.17, 15) is 4.79 Å². The third-order valence-corrected chi connectivity index (χ3v) is 4.61. The number of imidazole rings is 1. The van der Waals surface area contributed by atoms with Crippen molar-refractivity contribution in [2.45, 2.75) is 25.4 Å². The molecule has 0 aliphatic heterocycles. The largest absolute Gasteiger partial charge is 0.336 e. The van der Waals surface area contributed by atoms with Gasteiger partial charge in [-0.05, 0) is 24.3 Å². The lowest BCUT2D eigenvalue weighted by atomic mass is 10.1. The summed E-state index contributed by atoms with van der Waals surface area (Å²) in [5, 5.41) is 10.3. The molecule has 0 unspecified atom stereocenters. The van der Waals surface area contributed by atoms with Crippen LogP contribution in [0.3, 0.4) is 0 Å². The number of aromatic nitrogens is 4. The Kier molecular flexibility index (Phi) is 4.43. The number of hydrogen-bond donors (Lipinski definition) is 2. The Morgan fingerprint density at radius 3 is 2.73 bits per heavy atom. The quantitative estimate of drug-likeness (QED) is 0.717. The average molecular weight is 350 g/mol. The summed E-state index contributed by atoms with van der Waals surface area (Å²) in [6.07, 6.45) is 7.79. The molecule has 4 rings (SSSR count). The second-order valence-corrected chi connectivity index (χ2v) is 6.68. The fraction of sp³-hybridized carbons (Fsp3) is 0.316. The van der Waals surface area contributed by atoms with Crippen LogP contribution in [-0.2, 0) is 13.6 Å². The Morgan fingerprint density at radius 2 is 2.04 bits per heavy atom. The summed E-state index contributed by atoms with van der Waals surface area (Å²) in [5.74, 6) is 2.17. The standard InChI is InChI=1S/C19H22N6O/c1-24-12-11-20-18(24)17(15-5-3-2-4-6-15)23-19(26)22-16-9-10-21-25(16)13-14-7-8-14/h2-6,9-12,14,17H,7-8,13H2,1H3,(H2,22,23,26)/t17-/m1/s1. The molecule has 2 heterocycles. The highest BCUT2D eigenvalue weighted by Gasteiger charge is 2.24. The Labute approximate surface area is 152 Å². The van der Waals surface area contributed by atoms with Crippen molar-refractivity contribution >= 4 is 11.8 Å². The van der Waals surface area contributed by atoms with Crippen molar-refractivity contribution in [2.75, 3.05) is 5.32 Å². The SMILES string of the molecule is Cn1ccnc1[C@H](NC(=O)Nc1ccnn1CC1CC1)c1ccccc1. The third-order valence-electron chi connectivity index (χ3n) is 4.61. The summed E-state index contributed by atoms with van der Waals surface area (Å²) in [7, 11) is 1.92. The molecule has 7 nitrogen and oxygen atoms in total. The van der Waals surface area contributed by atoms with E-state index in [1.807, 2.05) is 58.9 Å². The molecule has 1 aliphatic carbocycles. The molecule has 0 saturated heterocycles. The molecule has 1 aliphatic rings. The van der Waals surface area contributed by atoms with Crippen LogP contribution in [0, 0.1) is 5.92 Å². The smallest absolute Gasteiger partial charge is 0.321 e. The number of nitrogens with one attached hydrogen (secondary N) is 2. The van der Waals surface area contributed by atoms with Gasteiger partial charge in [0, 0.05) is 32.1 Å². The van der Waals surface area contributed by atoms with Crippen LogP contribution in [0.15, 0.2) is 55.0 Å². The Morgan fingerprint density at radius 1 is 1.23 bits per heavy atom. The number of carbonyl (C=O) groups excluding carboxylic acids is 1. The Bertz CT molecular complexity index is 880. The monoisotopic (exact) mass is 350 g/mol. The molecule has 1 aromatic carbocycles. The molecule has 134 valence electrons. The Hall–Kier alpha value is -3.09. The number of urea groups is 1. The zero-order valence-corrected chi connectivity index (χ0v) is 14.7. The number of hydrogen-bond acceptors (Lipinski definition) is 3. The highest BCUT2D eigenvalue weighted by Crippen LogP contribution is 2.31. The summed E-state index contributed by atoms with van der Waals surface area (Å²) < 4.78 is 3.77. The summed E-state index contributed by atoms with van der Waals surface area (Å²) in [5.41, 5.74) is 0.975. The van der Waals surface area contributed by atoms with Gasteiger partial charge in [0.1, 0.15) is 17.7 Å². The first kappa shape index (κ1) is 16.4. The van der Waals surface area contributed by atoms with Crippen molar-refractivity contribution in [3.63, 3.8) is 0 Å². The van der Waals surface area contributed by atoms with E-state index in [0.717, 1.165) is 17.9 Å². The topological polar surface area (TPSA) is 76.8 Å². The second kappa shape index (κ2) is 7.03. The first-order chi connectivity index (χ1) is 12.7. The van der Waals surface area contributed by atoms with Gasteiger partial charge < -0.3 is 9.88 Å². The molecule has 1 fully saturated rings. The fourth-order valence-electron chi connectivity index (χ4n) is 3.01. The minimum atomic E-state index is -0.337. The van der Waals surface area contributed by atoms with Gasteiger partial charge >= 0.3 is 6.03 Å². The molecule has 2 amide bonds. The molecule has 7 heteroatoms. The number of nitrogens with zero attached hydrogens (tertiary/aromatic N) is 4. The number of anilines is 1. The van der Waals surface area contributed by atoms with E-state index in [1.54, 1.807) is 12.4 Å². The van der Waals surface area contributed by atoms with Crippen LogP contribution in [0.25, 0.3) is 0 Å². The first-order valence-corrected chi connectivity index (χ1v) is 8.82. The highest BCUT2D eigenvalue weighted by atomic mass is 16.2. The lowest BCUT2D eigenvalue weighted by molar-refractivity contribution is 0.249. The minimum Gasteiger partial charge on any atom is -0.336 e. The van der Waals surface area contributed by atoms with Crippen LogP contribution in [-0.4, -0.2) is 25.4 Å². The van der Waals surface area contributed by atoms with Gasteiger partial charge in [-0.25, -0.2) is 14.5 Å².